The van der Waals surface area contributed by atoms with Crippen molar-refractivity contribution < 1.29 is 26.3 Å². The molecular weight excluding hydrogens is 474 g/mol. The lowest BCUT2D eigenvalue weighted by Crippen LogP contribution is -2.26. The van der Waals surface area contributed by atoms with E-state index in [9.17, 15) is 26.3 Å². The molecule has 4 aromatic rings. The highest BCUT2D eigenvalue weighted by Crippen LogP contribution is 2.57. The smallest absolute Gasteiger partial charge is 0.319 e. The van der Waals surface area contributed by atoms with E-state index < -0.39 is 30.4 Å². The molecule has 0 spiro atoms. The van der Waals surface area contributed by atoms with E-state index in [1.54, 1.807) is 23.5 Å². The molecule has 0 bridgehead atoms. The highest BCUT2D eigenvalue weighted by Gasteiger charge is 2.62. The van der Waals surface area contributed by atoms with Crippen molar-refractivity contribution >= 4 is 28.3 Å². The van der Waals surface area contributed by atoms with Crippen LogP contribution in [-0.2, 0) is 0 Å². The number of hydrogen-bond acceptors (Lipinski definition) is 5. The minimum atomic E-state index is -4.50. The number of anilines is 2. The van der Waals surface area contributed by atoms with Gasteiger partial charge in [0.25, 0.3) is 12.2 Å². The first-order valence-corrected chi connectivity index (χ1v) is 10.5. The number of benzene rings is 1. The van der Waals surface area contributed by atoms with Gasteiger partial charge in [0.05, 0.1) is 12.1 Å². The van der Waals surface area contributed by atoms with Crippen LogP contribution in [0.5, 0.6) is 0 Å². The molecule has 0 N–H and O–H groups in total. The van der Waals surface area contributed by atoms with E-state index in [1.807, 2.05) is 0 Å². The zero-order valence-electron chi connectivity index (χ0n) is 18.1. The highest BCUT2D eigenvalue weighted by molar-refractivity contribution is 5.90. The minimum Gasteiger partial charge on any atom is -0.319 e. The predicted octanol–water partition coefficient (Wildman–Crippen LogP) is 5.22. The Kier molecular flexibility index (Phi) is 5.30. The summed E-state index contributed by atoms with van der Waals surface area (Å²) in [5.74, 6) is 4.32. The molecule has 180 valence electrons. The van der Waals surface area contributed by atoms with Gasteiger partial charge in [-0.1, -0.05) is 11.8 Å². The molecule has 3 aromatic heterocycles. The molecule has 0 atom stereocenters. The molecule has 0 radical (unpaired) electrons. The molecule has 0 unspecified atom stereocenters. The SMILES string of the molecule is Cc1nnc2nc(N(CC(F)F)c3cc(F)cc(C#CC4(C(F)(F)F)CC4)c3)c3ncccc3n12. The van der Waals surface area contributed by atoms with E-state index in [1.165, 1.54) is 12.3 Å². The van der Waals surface area contributed by atoms with E-state index in [-0.39, 0.29) is 41.2 Å². The van der Waals surface area contributed by atoms with Gasteiger partial charge in [-0.25, -0.2) is 13.2 Å². The number of halogens is 6. The fourth-order valence-corrected chi connectivity index (χ4v) is 3.84. The average Bonchev–Trinajstić information content (AvgIpc) is 3.52. The van der Waals surface area contributed by atoms with Crippen LogP contribution in [0.4, 0.5) is 37.8 Å². The maximum absolute atomic E-state index is 14.5. The molecule has 1 aliphatic carbocycles. The summed E-state index contributed by atoms with van der Waals surface area (Å²) in [4.78, 5) is 9.69. The second kappa shape index (κ2) is 8.11. The summed E-state index contributed by atoms with van der Waals surface area (Å²) in [6, 6.07) is 6.53. The fourth-order valence-electron chi connectivity index (χ4n) is 3.84. The van der Waals surface area contributed by atoms with Gasteiger partial charge in [0, 0.05) is 17.4 Å². The number of aromatic nitrogens is 5. The van der Waals surface area contributed by atoms with Crippen LogP contribution in [0, 0.1) is 30.0 Å². The Balaban J connectivity index is 1.66. The highest BCUT2D eigenvalue weighted by atomic mass is 19.4. The van der Waals surface area contributed by atoms with Gasteiger partial charge >= 0.3 is 6.18 Å². The normalized spacial score (nSPS) is 14.9. The van der Waals surface area contributed by atoms with E-state index in [4.69, 9.17) is 0 Å². The van der Waals surface area contributed by atoms with Gasteiger partial charge in [0.15, 0.2) is 5.82 Å². The van der Waals surface area contributed by atoms with Gasteiger partial charge in [-0.15, -0.1) is 10.2 Å². The van der Waals surface area contributed by atoms with Gasteiger partial charge in [-0.2, -0.15) is 18.2 Å². The molecule has 6 nitrogen and oxygen atoms in total. The summed E-state index contributed by atoms with van der Waals surface area (Å²) in [5.41, 5.74) is -1.53. The van der Waals surface area contributed by atoms with Crippen molar-refractivity contribution in [1.29, 1.82) is 0 Å². The fraction of sp³-hybridized carbons (Fsp3) is 0.304. The van der Waals surface area contributed by atoms with Crippen LogP contribution in [0.25, 0.3) is 16.8 Å². The molecule has 0 amide bonds. The van der Waals surface area contributed by atoms with E-state index in [0.29, 0.717) is 11.3 Å². The number of pyridine rings is 1. The third-order valence-corrected chi connectivity index (χ3v) is 5.76. The van der Waals surface area contributed by atoms with Crippen molar-refractivity contribution in [3.05, 3.63) is 53.7 Å². The van der Waals surface area contributed by atoms with Crippen molar-refractivity contribution in [2.75, 3.05) is 11.4 Å². The van der Waals surface area contributed by atoms with Crippen LogP contribution in [0.15, 0.2) is 36.5 Å². The van der Waals surface area contributed by atoms with Crippen molar-refractivity contribution in [1.82, 2.24) is 24.6 Å². The molecule has 0 saturated heterocycles. The molecule has 5 rings (SSSR count). The molecule has 1 saturated carbocycles. The van der Waals surface area contributed by atoms with Crippen LogP contribution in [-0.4, -0.2) is 43.7 Å². The lowest BCUT2D eigenvalue weighted by Gasteiger charge is -2.25. The van der Waals surface area contributed by atoms with Crippen LogP contribution in [0.2, 0.25) is 0 Å². The number of nitrogens with zero attached hydrogens (tertiary/aromatic N) is 6. The van der Waals surface area contributed by atoms with Gasteiger partial charge in [-0.3, -0.25) is 9.38 Å². The molecule has 1 aliphatic rings. The first kappa shape index (κ1) is 22.9. The van der Waals surface area contributed by atoms with Gasteiger partial charge in [0.1, 0.15) is 22.6 Å². The summed E-state index contributed by atoms with van der Waals surface area (Å²) < 4.78 is 83.1. The van der Waals surface area contributed by atoms with Crippen molar-refractivity contribution in [2.45, 2.75) is 32.4 Å². The minimum absolute atomic E-state index is 0.0285. The monoisotopic (exact) mass is 490 g/mol. The van der Waals surface area contributed by atoms with Crippen LogP contribution < -0.4 is 4.90 Å². The van der Waals surface area contributed by atoms with Gasteiger partial charge < -0.3 is 4.90 Å². The Morgan fingerprint density at radius 3 is 2.63 bits per heavy atom. The summed E-state index contributed by atoms with van der Waals surface area (Å²) in [6.45, 7) is 0.806. The summed E-state index contributed by atoms with van der Waals surface area (Å²) in [6.07, 6.45) is -6.18. The third kappa shape index (κ3) is 4.11. The number of aryl methyl sites for hydroxylation is 1. The van der Waals surface area contributed by atoms with Gasteiger partial charge in [0.2, 0.25) is 0 Å². The van der Waals surface area contributed by atoms with E-state index >= 15 is 0 Å². The van der Waals surface area contributed by atoms with Crippen LogP contribution in [0.1, 0.15) is 24.2 Å². The molecule has 35 heavy (non-hydrogen) atoms. The molecule has 3 heterocycles. The Labute approximate surface area is 194 Å². The first-order valence-electron chi connectivity index (χ1n) is 10.5. The maximum atomic E-state index is 14.5. The quantitative estimate of drug-likeness (QED) is 0.290. The largest absolute Gasteiger partial charge is 0.405 e. The van der Waals surface area contributed by atoms with E-state index in [2.05, 4.69) is 32.0 Å². The number of alkyl halides is 5. The Hall–Kier alpha value is -3.88. The number of rotatable bonds is 4. The predicted molar refractivity (Wildman–Crippen MR) is 115 cm³/mol. The molecule has 1 aromatic carbocycles. The zero-order valence-corrected chi connectivity index (χ0v) is 18.1. The number of fused-ring (bicyclic) bond motifs is 3. The number of hydrogen-bond donors (Lipinski definition) is 0. The standard InChI is InChI=1S/C23H16F6N6/c1-13-32-33-21-31-20(19-17(35(13)21)3-2-8-30-19)34(12-18(25)26)16-10-14(9-15(24)11-16)4-5-22(6-7-22)23(27,28)29/h2-3,8-11,18H,6-7,12H2,1H3. The van der Waals surface area contributed by atoms with Crippen molar-refractivity contribution in [3.8, 4) is 11.8 Å². The Morgan fingerprint density at radius 2 is 1.94 bits per heavy atom. The molecule has 12 heteroatoms. The Morgan fingerprint density at radius 1 is 1.17 bits per heavy atom. The lowest BCUT2D eigenvalue weighted by atomic mass is 10.1. The zero-order chi connectivity index (χ0) is 25.0. The average molecular weight is 490 g/mol. The van der Waals surface area contributed by atoms with Crippen molar-refractivity contribution in [2.24, 2.45) is 5.41 Å². The second-order valence-electron chi connectivity index (χ2n) is 8.22. The summed E-state index contributed by atoms with van der Waals surface area (Å²) in [7, 11) is 0. The summed E-state index contributed by atoms with van der Waals surface area (Å²) in [5, 5.41) is 7.93. The Bertz CT molecular complexity index is 1500. The molecular formula is C23H16F6N6. The molecule has 1 fully saturated rings. The first-order chi connectivity index (χ1) is 16.6. The topological polar surface area (TPSA) is 59.2 Å². The van der Waals surface area contributed by atoms with Crippen LogP contribution in [0.3, 0.4) is 0 Å². The second-order valence-corrected chi connectivity index (χ2v) is 8.22. The van der Waals surface area contributed by atoms with Crippen molar-refractivity contribution in [3.63, 3.8) is 0 Å². The van der Waals surface area contributed by atoms with Crippen LogP contribution >= 0.6 is 0 Å². The molecule has 0 aliphatic heterocycles. The van der Waals surface area contributed by atoms with E-state index in [0.717, 1.165) is 17.0 Å². The summed E-state index contributed by atoms with van der Waals surface area (Å²) >= 11 is 0. The maximum Gasteiger partial charge on any atom is 0.405 e. The third-order valence-electron chi connectivity index (χ3n) is 5.76. The lowest BCUT2D eigenvalue weighted by molar-refractivity contribution is -0.168. The van der Waals surface area contributed by atoms with Gasteiger partial charge in [-0.05, 0) is 50.1 Å².